The van der Waals surface area contributed by atoms with E-state index in [0.717, 1.165) is 6.07 Å². The van der Waals surface area contributed by atoms with E-state index < -0.39 is 5.82 Å². The van der Waals surface area contributed by atoms with Crippen LogP contribution in [0, 0.1) is 24.1 Å². The van der Waals surface area contributed by atoms with E-state index in [1.54, 1.807) is 14.0 Å². The van der Waals surface area contributed by atoms with Gasteiger partial charge in [-0.15, -0.1) is 0 Å². The van der Waals surface area contributed by atoms with Gasteiger partial charge in [0.25, 0.3) is 0 Å². The second kappa shape index (κ2) is 4.67. The number of aryl methyl sites for hydroxylation is 2. The van der Waals surface area contributed by atoms with Crippen molar-refractivity contribution in [3.8, 4) is 17.7 Å². The Hall–Kier alpha value is -2.06. The predicted octanol–water partition coefficient (Wildman–Crippen LogP) is 3.19. The maximum absolute atomic E-state index is 12.9. The second-order valence-electron chi connectivity index (χ2n) is 3.68. The maximum atomic E-state index is 12.9. The second-order valence-corrected chi connectivity index (χ2v) is 4.08. The highest BCUT2D eigenvalue weighted by atomic mass is 35.5. The number of halogens is 2. The van der Waals surface area contributed by atoms with Crippen LogP contribution in [0.1, 0.15) is 11.3 Å². The van der Waals surface area contributed by atoms with Gasteiger partial charge in [0.1, 0.15) is 23.2 Å². The van der Waals surface area contributed by atoms with Crippen LogP contribution in [-0.2, 0) is 7.05 Å². The molecule has 1 aromatic heterocycles. The number of rotatable bonds is 2. The first-order valence-corrected chi connectivity index (χ1v) is 5.47. The van der Waals surface area contributed by atoms with Gasteiger partial charge in [-0.2, -0.15) is 10.4 Å². The third-order valence-electron chi connectivity index (χ3n) is 2.38. The van der Waals surface area contributed by atoms with Crippen molar-refractivity contribution in [2.24, 2.45) is 7.05 Å². The molecule has 0 unspecified atom stereocenters. The Bertz CT molecular complexity index is 646. The van der Waals surface area contributed by atoms with Gasteiger partial charge < -0.3 is 4.74 Å². The van der Waals surface area contributed by atoms with Crippen molar-refractivity contribution in [2.75, 3.05) is 0 Å². The summed E-state index contributed by atoms with van der Waals surface area (Å²) >= 11 is 5.86. The Morgan fingerprint density at radius 1 is 1.50 bits per heavy atom. The van der Waals surface area contributed by atoms with E-state index in [4.69, 9.17) is 21.6 Å². The molecular formula is C12H9ClFN3O. The summed E-state index contributed by atoms with van der Waals surface area (Å²) in [4.78, 5) is 0. The van der Waals surface area contributed by atoms with Crippen molar-refractivity contribution in [1.29, 1.82) is 5.26 Å². The van der Waals surface area contributed by atoms with Crippen LogP contribution in [0.3, 0.4) is 0 Å². The summed E-state index contributed by atoms with van der Waals surface area (Å²) in [5, 5.41) is 13.2. The molecule has 0 radical (unpaired) electrons. The van der Waals surface area contributed by atoms with Crippen LogP contribution >= 0.6 is 11.6 Å². The van der Waals surface area contributed by atoms with Gasteiger partial charge in [-0.25, -0.2) is 9.07 Å². The van der Waals surface area contributed by atoms with E-state index in [-0.39, 0.29) is 16.7 Å². The number of nitrogens with zero attached hydrogens (tertiary/aromatic N) is 3. The summed E-state index contributed by atoms with van der Waals surface area (Å²) in [5.74, 6) is 0.107. The van der Waals surface area contributed by atoms with E-state index in [1.165, 1.54) is 16.8 Å². The fourth-order valence-electron chi connectivity index (χ4n) is 1.54. The van der Waals surface area contributed by atoms with E-state index in [9.17, 15) is 4.39 Å². The topological polar surface area (TPSA) is 50.8 Å². The molecule has 1 heterocycles. The third kappa shape index (κ3) is 2.15. The van der Waals surface area contributed by atoms with E-state index in [2.05, 4.69) is 5.10 Å². The molecule has 0 amide bonds. The minimum Gasteiger partial charge on any atom is -0.436 e. The Balaban J connectivity index is 2.43. The summed E-state index contributed by atoms with van der Waals surface area (Å²) in [6.07, 6.45) is 0. The molecule has 4 nitrogen and oxygen atoms in total. The molecule has 0 aliphatic rings. The Kier molecular flexibility index (Phi) is 3.21. The maximum Gasteiger partial charge on any atom is 0.235 e. The summed E-state index contributed by atoms with van der Waals surface area (Å²) < 4.78 is 19.9. The Morgan fingerprint density at radius 2 is 2.22 bits per heavy atom. The molecule has 0 spiro atoms. The molecular weight excluding hydrogens is 257 g/mol. The van der Waals surface area contributed by atoms with Crippen molar-refractivity contribution in [3.63, 3.8) is 0 Å². The molecule has 92 valence electrons. The lowest BCUT2D eigenvalue weighted by molar-refractivity contribution is 0.428. The Labute approximate surface area is 108 Å². The monoisotopic (exact) mass is 265 g/mol. The normalized spacial score (nSPS) is 10.2. The van der Waals surface area contributed by atoms with Crippen molar-refractivity contribution in [3.05, 3.63) is 40.3 Å². The largest absolute Gasteiger partial charge is 0.436 e. The van der Waals surface area contributed by atoms with Crippen LogP contribution in [0.25, 0.3) is 0 Å². The highest BCUT2D eigenvalue weighted by Gasteiger charge is 2.16. The number of hydrogen-bond donors (Lipinski definition) is 0. The molecule has 0 bridgehead atoms. The van der Waals surface area contributed by atoms with Crippen LogP contribution in [0.2, 0.25) is 5.02 Å². The lowest BCUT2D eigenvalue weighted by Gasteiger charge is -2.07. The van der Waals surface area contributed by atoms with Gasteiger partial charge in [0.2, 0.25) is 5.88 Å². The summed E-state index contributed by atoms with van der Waals surface area (Å²) in [6, 6.07) is 5.79. The van der Waals surface area contributed by atoms with E-state index >= 15 is 0 Å². The van der Waals surface area contributed by atoms with Crippen LogP contribution in [-0.4, -0.2) is 9.78 Å². The molecule has 2 rings (SSSR count). The zero-order chi connectivity index (χ0) is 13.3. The number of aromatic nitrogens is 2. The number of hydrogen-bond acceptors (Lipinski definition) is 3. The number of nitriles is 1. The molecule has 0 fully saturated rings. The average molecular weight is 266 g/mol. The number of benzene rings is 1. The minimum atomic E-state index is -0.450. The third-order valence-corrected chi connectivity index (χ3v) is 2.68. The standard InChI is InChI=1S/C12H9ClFN3O/c1-7-9(6-15)12(17(2)16-7)18-11-4-3-8(14)5-10(11)13/h3-5H,1-2H3. The first-order chi connectivity index (χ1) is 8.52. The molecule has 0 saturated carbocycles. The van der Waals surface area contributed by atoms with Gasteiger partial charge in [-0.3, -0.25) is 0 Å². The van der Waals surface area contributed by atoms with Gasteiger partial charge in [-0.1, -0.05) is 11.6 Å². The molecule has 1 aromatic carbocycles. The summed E-state index contributed by atoms with van der Waals surface area (Å²) in [7, 11) is 1.65. The molecule has 0 atom stereocenters. The molecule has 0 aliphatic heterocycles. The van der Waals surface area contributed by atoms with Gasteiger partial charge >= 0.3 is 0 Å². The smallest absolute Gasteiger partial charge is 0.235 e. The van der Waals surface area contributed by atoms with Crippen LogP contribution in [0.15, 0.2) is 18.2 Å². The van der Waals surface area contributed by atoms with E-state index in [1.807, 2.05) is 6.07 Å². The molecule has 6 heteroatoms. The van der Waals surface area contributed by atoms with Gasteiger partial charge in [-0.05, 0) is 25.1 Å². The molecule has 0 N–H and O–H groups in total. The quantitative estimate of drug-likeness (QED) is 0.838. The van der Waals surface area contributed by atoms with Crippen molar-refractivity contribution >= 4 is 11.6 Å². The fourth-order valence-corrected chi connectivity index (χ4v) is 1.75. The fraction of sp³-hybridized carbons (Fsp3) is 0.167. The minimum absolute atomic E-state index is 0.137. The lowest BCUT2D eigenvalue weighted by atomic mass is 10.3. The molecule has 18 heavy (non-hydrogen) atoms. The zero-order valence-electron chi connectivity index (χ0n) is 9.74. The van der Waals surface area contributed by atoms with Gasteiger partial charge in [0.05, 0.1) is 10.7 Å². The Morgan fingerprint density at radius 3 is 2.83 bits per heavy atom. The van der Waals surface area contributed by atoms with Crippen LogP contribution in [0.5, 0.6) is 11.6 Å². The molecule has 0 aliphatic carbocycles. The molecule has 2 aromatic rings. The highest BCUT2D eigenvalue weighted by molar-refractivity contribution is 6.32. The first-order valence-electron chi connectivity index (χ1n) is 5.09. The highest BCUT2D eigenvalue weighted by Crippen LogP contribution is 2.32. The van der Waals surface area contributed by atoms with Crippen molar-refractivity contribution in [2.45, 2.75) is 6.92 Å². The SMILES string of the molecule is Cc1nn(C)c(Oc2ccc(F)cc2Cl)c1C#N. The van der Waals surface area contributed by atoms with Crippen LogP contribution in [0.4, 0.5) is 4.39 Å². The van der Waals surface area contributed by atoms with Gasteiger partial charge in [0.15, 0.2) is 0 Å². The number of ether oxygens (including phenoxy) is 1. The predicted molar refractivity (Wildman–Crippen MR) is 64.1 cm³/mol. The summed E-state index contributed by atoms with van der Waals surface area (Å²) in [6.45, 7) is 1.71. The average Bonchev–Trinajstić information content (AvgIpc) is 2.57. The zero-order valence-corrected chi connectivity index (χ0v) is 10.5. The van der Waals surface area contributed by atoms with Crippen molar-refractivity contribution in [1.82, 2.24) is 9.78 Å². The van der Waals surface area contributed by atoms with E-state index in [0.29, 0.717) is 11.3 Å². The molecule has 0 saturated heterocycles. The first kappa shape index (κ1) is 12.4. The van der Waals surface area contributed by atoms with Crippen LogP contribution < -0.4 is 4.74 Å². The summed E-state index contributed by atoms with van der Waals surface area (Å²) in [5.41, 5.74) is 0.895. The lowest BCUT2D eigenvalue weighted by Crippen LogP contribution is -1.96. The van der Waals surface area contributed by atoms with Gasteiger partial charge in [0, 0.05) is 7.05 Å². The van der Waals surface area contributed by atoms with Crippen molar-refractivity contribution < 1.29 is 9.13 Å².